The lowest BCUT2D eigenvalue weighted by Crippen LogP contribution is -2.01. The maximum atomic E-state index is 13.2. The predicted molar refractivity (Wildman–Crippen MR) is 116 cm³/mol. The third kappa shape index (κ3) is 3.19. The summed E-state index contributed by atoms with van der Waals surface area (Å²) in [7, 11) is 0. The Morgan fingerprint density at radius 1 is 0.931 bits per heavy atom. The highest BCUT2D eigenvalue weighted by molar-refractivity contribution is 9.10. The summed E-state index contributed by atoms with van der Waals surface area (Å²) in [6.45, 7) is 0. The second kappa shape index (κ2) is 7.18. The minimum absolute atomic E-state index is 0.152. The van der Waals surface area contributed by atoms with Crippen molar-refractivity contribution in [1.82, 2.24) is 9.78 Å². The number of benzene rings is 3. The van der Waals surface area contributed by atoms with Crippen LogP contribution in [-0.4, -0.2) is 15.6 Å². The number of furan rings is 1. The molecule has 0 aliphatic heterocycles. The van der Waals surface area contributed by atoms with Gasteiger partial charge in [0.1, 0.15) is 5.58 Å². The normalized spacial score (nSPS) is 11.1. The molecule has 5 rings (SSSR count). The second-order valence-electron chi connectivity index (χ2n) is 6.65. The smallest absolute Gasteiger partial charge is 0.228 e. The van der Waals surface area contributed by atoms with Crippen molar-refractivity contribution in [1.29, 1.82) is 0 Å². The van der Waals surface area contributed by atoms with Gasteiger partial charge in [0.25, 0.3) is 0 Å². The fourth-order valence-electron chi connectivity index (χ4n) is 3.41. The number of aromatic nitrogens is 2. The number of halogens is 1. The van der Waals surface area contributed by atoms with Crippen LogP contribution in [0.2, 0.25) is 0 Å². The van der Waals surface area contributed by atoms with Gasteiger partial charge in [0.15, 0.2) is 5.76 Å². The van der Waals surface area contributed by atoms with E-state index in [9.17, 15) is 4.79 Å². The van der Waals surface area contributed by atoms with Crippen molar-refractivity contribution in [2.24, 2.45) is 0 Å². The molecule has 0 saturated heterocycles. The molecule has 0 unspecified atom stereocenters. The van der Waals surface area contributed by atoms with E-state index < -0.39 is 0 Å². The lowest BCUT2D eigenvalue weighted by Gasteiger charge is -2.02. The predicted octanol–water partition coefficient (Wildman–Crippen LogP) is 6.28. The third-order valence-electron chi connectivity index (χ3n) is 4.78. The Labute approximate surface area is 175 Å². The molecule has 0 atom stereocenters. The molecule has 0 aliphatic rings. The van der Waals surface area contributed by atoms with E-state index in [1.165, 1.54) is 0 Å². The molecule has 0 amide bonds. The van der Waals surface area contributed by atoms with E-state index in [0.717, 1.165) is 26.7 Å². The van der Waals surface area contributed by atoms with Crippen LogP contribution in [0.4, 0.5) is 0 Å². The summed E-state index contributed by atoms with van der Waals surface area (Å²) < 4.78 is 8.74. The van der Waals surface area contributed by atoms with Crippen LogP contribution in [0.25, 0.3) is 27.8 Å². The van der Waals surface area contributed by atoms with E-state index in [0.29, 0.717) is 16.9 Å². The third-order valence-corrected chi connectivity index (χ3v) is 5.28. The summed E-state index contributed by atoms with van der Waals surface area (Å²) in [5.74, 6) is 0.164. The Balaban J connectivity index is 1.71. The molecule has 140 valence electrons. The highest BCUT2D eigenvalue weighted by Gasteiger charge is 2.24. The van der Waals surface area contributed by atoms with Crippen LogP contribution < -0.4 is 0 Å². The van der Waals surface area contributed by atoms with Gasteiger partial charge in [-0.25, -0.2) is 4.68 Å². The molecular formula is C24H15BrN2O2. The molecular weight excluding hydrogens is 428 g/mol. The van der Waals surface area contributed by atoms with Crippen molar-refractivity contribution < 1.29 is 9.21 Å². The maximum Gasteiger partial charge on any atom is 0.228 e. The standard InChI is InChI=1S/C24H15BrN2O2/c25-18-11-12-21-20(13-18)22(24(29-21)23(28)16-7-3-1-4-8-16)17-14-26-27(15-17)19-9-5-2-6-10-19/h1-15H. The summed E-state index contributed by atoms with van der Waals surface area (Å²) in [6, 6.07) is 24.8. The Morgan fingerprint density at radius 2 is 1.66 bits per heavy atom. The van der Waals surface area contributed by atoms with Crippen molar-refractivity contribution >= 4 is 32.7 Å². The molecule has 4 nitrogen and oxygen atoms in total. The van der Waals surface area contributed by atoms with Crippen LogP contribution in [0.5, 0.6) is 0 Å². The number of carbonyl (C=O) groups excluding carboxylic acids is 1. The molecule has 5 heteroatoms. The van der Waals surface area contributed by atoms with Crippen LogP contribution >= 0.6 is 15.9 Å². The lowest BCUT2D eigenvalue weighted by molar-refractivity contribution is 0.101. The number of carbonyl (C=O) groups is 1. The second-order valence-corrected chi connectivity index (χ2v) is 7.57. The first-order valence-corrected chi connectivity index (χ1v) is 9.92. The molecule has 0 saturated carbocycles. The Hall–Kier alpha value is -3.44. The average molecular weight is 443 g/mol. The van der Waals surface area contributed by atoms with Gasteiger partial charge in [-0.05, 0) is 30.3 Å². The number of ketones is 1. The Morgan fingerprint density at radius 3 is 2.41 bits per heavy atom. The first-order valence-electron chi connectivity index (χ1n) is 9.13. The highest BCUT2D eigenvalue weighted by atomic mass is 79.9. The van der Waals surface area contributed by atoms with Gasteiger partial charge in [-0.1, -0.05) is 64.5 Å². The monoisotopic (exact) mass is 442 g/mol. The van der Waals surface area contributed by atoms with Crippen LogP contribution in [0.15, 0.2) is 100 Å². The zero-order valence-electron chi connectivity index (χ0n) is 15.2. The van der Waals surface area contributed by atoms with Crippen LogP contribution in [0, 0.1) is 0 Å². The van der Waals surface area contributed by atoms with E-state index in [1.807, 2.05) is 72.9 Å². The van der Waals surface area contributed by atoms with Gasteiger partial charge in [0.2, 0.25) is 5.78 Å². The van der Waals surface area contributed by atoms with Crippen molar-refractivity contribution in [3.63, 3.8) is 0 Å². The SMILES string of the molecule is O=C(c1ccccc1)c1oc2ccc(Br)cc2c1-c1cnn(-c2ccccc2)c1. The highest BCUT2D eigenvalue weighted by Crippen LogP contribution is 2.37. The van der Waals surface area contributed by atoms with Gasteiger partial charge in [-0.2, -0.15) is 5.10 Å². The fraction of sp³-hybridized carbons (Fsp3) is 0. The van der Waals surface area contributed by atoms with E-state index in [4.69, 9.17) is 4.42 Å². The summed E-state index contributed by atoms with van der Waals surface area (Å²) in [6.07, 6.45) is 3.68. The largest absolute Gasteiger partial charge is 0.452 e. The van der Waals surface area contributed by atoms with Crippen LogP contribution in [0.1, 0.15) is 16.1 Å². The number of nitrogens with zero attached hydrogens (tertiary/aromatic N) is 2. The van der Waals surface area contributed by atoms with Gasteiger partial charge < -0.3 is 4.42 Å². The molecule has 0 bridgehead atoms. The van der Waals surface area contributed by atoms with Gasteiger partial charge in [-0.15, -0.1) is 0 Å². The minimum atomic E-state index is -0.152. The molecule has 0 spiro atoms. The summed E-state index contributed by atoms with van der Waals surface area (Å²) in [4.78, 5) is 13.2. The molecule has 29 heavy (non-hydrogen) atoms. The average Bonchev–Trinajstić information content (AvgIpc) is 3.39. The van der Waals surface area contributed by atoms with Gasteiger partial charge in [0, 0.05) is 32.7 Å². The van der Waals surface area contributed by atoms with Gasteiger partial charge in [0.05, 0.1) is 11.9 Å². The first kappa shape index (κ1) is 17.6. The molecule has 5 aromatic rings. The van der Waals surface area contributed by atoms with Crippen LogP contribution in [-0.2, 0) is 0 Å². The number of fused-ring (bicyclic) bond motifs is 1. The maximum absolute atomic E-state index is 13.2. The first-order chi connectivity index (χ1) is 14.2. The summed E-state index contributed by atoms with van der Waals surface area (Å²) >= 11 is 3.52. The van der Waals surface area contributed by atoms with Crippen molar-refractivity contribution in [2.75, 3.05) is 0 Å². The van der Waals surface area contributed by atoms with E-state index in [1.54, 1.807) is 23.0 Å². The number of para-hydroxylation sites is 1. The molecule has 0 N–H and O–H groups in total. The summed E-state index contributed by atoms with van der Waals surface area (Å²) in [5.41, 5.74) is 3.77. The zero-order chi connectivity index (χ0) is 19.8. The quantitative estimate of drug-likeness (QED) is 0.307. The topological polar surface area (TPSA) is 48.0 Å². The van der Waals surface area contributed by atoms with Crippen LogP contribution in [0.3, 0.4) is 0 Å². The van der Waals surface area contributed by atoms with Crippen molar-refractivity contribution in [3.8, 4) is 16.8 Å². The minimum Gasteiger partial charge on any atom is -0.452 e. The summed E-state index contributed by atoms with van der Waals surface area (Å²) in [5, 5.41) is 5.36. The van der Waals surface area contributed by atoms with E-state index >= 15 is 0 Å². The van der Waals surface area contributed by atoms with Crippen molar-refractivity contribution in [2.45, 2.75) is 0 Å². The van der Waals surface area contributed by atoms with E-state index in [-0.39, 0.29) is 5.78 Å². The zero-order valence-corrected chi connectivity index (χ0v) is 16.8. The Bertz CT molecular complexity index is 1320. The van der Waals surface area contributed by atoms with Gasteiger partial charge >= 0.3 is 0 Å². The molecule has 3 aromatic carbocycles. The Kier molecular flexibility index (Phi) is 4.37. The van der Waals surface area contributed by atoms with Gasteiger partial charge in [-0.3, -0.25) is 4.79 Å². The molecule has 2 aromatic heterocycles. The molecule has 2 heterocycles. The number of hydrogen-bond acceptors (Lipinski definition) is 3. The number of rotatable bonds is 4. The molecule has 0 aliphatic carbocycles. The lowest BCUT2D eigenvalue weighted by atomic mass is 10.0. The fourth-order valence-corrected chi connectivity index (χ4v) is 3.77. The van der Waals surface area contributed by atoms with E-state index in [2.05, 4.69) is 21.0 Å². The number of hydrogen-bond donors (Lipinski definition) is 0. The van der Waals surface area contributed by atoms with Crippen molar-refractivity contribution in [3.05, 3.63) is 107 Å². The molecule has 0 fully saturated rings. The molecule has 0 radical (unpaired) electrons.